The molecule has 1 aromatic heterocycles. The molecule has 0 amide bonds. The van der Waals surface area contributed by atoms with Gasteiger partial charge in [-0.3, -0.25) is 9.78 Å². The lowest BCUT2D eigenvalue weighted by molar-refractivity contribution is 0.102. The molecule has 1 saturated carbocycles. The van der Waals surface area contributed by atoms with Crippen LogP contribution in [-0.4, -0.2) is 21.8 Å². The van der Waals surface area contributed by atoms with E-state index in [1.54, 1.807) is 6.20 Å². The van der Waals surface area contributed by atoms with Gasteiger partial charge in [-0.2, -0.15) is 11.8 Å². The van der Waals surface area contributed by atoms with Crippen LogP contribution < -0.4 is 0 Å². The maximum absolute atomic E-state index is 12.2. The number of hydrogen-bond acceptors (Lipinski definition) is 3. The molecular formula is C16H17NOS. The van der Waals surface area contributed by atoms with Crippen molar-refractivity contribution in [2.45, 2.75) is 30.9 Å². The fourth-order valence-corrected chi connectivity index (χ4v) is 3.80. The quantitative estimate of drug-likeness (QED) is 0.784. The van der Waals surface area contributed by atoms with Crippen LogP contribution in [0.15, 0.2) is 36.5 Å². The zero-order valence-electron chi connectivity index (χ0n) is 10.8. The third kappa shape index (κ3) is 2.98. The van der Waals surface area contributed by atoms with Crippen molar-refractivity contribution in [1.82, 2.24) is 4.98 Å². The van der Waals surface area contributed by atoms with Crippen molar-refractivity contribution in [3.05, 3.63) is 42.1 Å². The van der Waals surface area contributed by atoms with E-state index in [1.807, 2.05) is 42.1 Å². The van der Waals surface area contributed by atoms with Crippen LogP contribution in [0.25, 0.3) is 10.9 Å². The van der Waals surface area contributed by atoms with Crippen molar-refractivity contribution in [3.63, 3.8) is 0 Å². The van der Waals surface area contributed by atoms with Gasteiger partial charge in [-0.1, -0.05) is 18.9 Å². The molecule has 1 aliphatic rings. The molecule has 0 spiro atoms. The smallest absolute Gasteiger partial charge is 0.172 e. The van der Waals surface area contributed by atoms with E-state index in [2.05, 4.69) is 4.98 Å². The number of pyridine rings is 1. The second-order valence-corrected chi connectivity index (χ2v) is 6.34. The topological polar surface area (TPSA) is 30.0 Å². The molecule has 1 aromatic carbocycles. The Balaban J connectivity index is 1.70. The highest BCUT2D eigenvalue weighted by molar-refractivity contribution is 8.00. The molecule has 0 atom stereocenters. The summed E-state index contributed by atoms with van der Waals surface area (Å²) in [7, 11) is 0. The van der Waals surface area contributed by atoms with Gasteiger partial charge in [0.15, 0.2) is 5.78 Å². The Kier molecular flexibility index (Phi) is 3.83. The lowest BCUT2D eigenvalue weighted by Crippen LogP contribution is -2.06. The molecule has 0 bridgehead atoms. The minimum Gasteiger partial charge on any atom is -0.293 e. The Labute approximate surface area is 117 Å². The van der Waals surface area contributed by atoms with Crippen LogP contribution in [-0.2, 0) is 0 Å². The Hall–Kier alpha value is -1.35. The number of nitrogens with zero attached hydrogens (tertiary/aromatic N) is 1. The van der Waals surface area contributed by atoms with Crippen LogP contribution in [0.2, 0.25) is 0 Å². The monoisotopic (exact) mass is 271 g/mol. The van der Waals surface area contributed by atoms with Crippen molar-refractivity contribution in [2.75, 3.05) is 5.75 Å². The molecule has 3 rings (SSSR count). The number of rotatable bonds is 4. The van der Waals surface area contributed by atoms with Crippen LogP contribution in [0.5, 0.6) is 0 Å². The number of ketones is 1. The summed E-state index contributed by atoms with van der Waals surface area (Å²) >= 11 is 1.83. The highest BCUT2D eigenvalue weighted by Crippen LogP contribution is 2.29. The molecule has 0 N–H and O–H groups in total. The van der Waals surface area contributed by atoms with Gasteiger partial charge in [-0.05, 0) is 37.1 Å². The maximum atomic E-state index is 12.2. The van der Waals surface area contributed by atoms with E-state index in [0.29, 0.717) is 11.0 Å². The molecular weight excluding hydrogens is 254 g/mol. The van der Waals surface area contributed by atoms with Gasteiger partial charge in [0.05, 0.1) is 11.3 Å². The van der Waals surface area contributed by atoms with E-state index in [4.69, 9.17) is 0 Å². The summed E-state index contributed by atoms with van der Waals surface area (Å²) in [5.41, 5.74) is 1.76. The van der Waals surface area contributed by atoms with Crippen LogP contribution in [0, 0.1) is 0 Å². The van der Waals surface area contributed by atoms with Crippen molar-refractivity contribution >= 4 is 28.4 Å². The standard InChI is InChI=1S/C16H17NOS/c18-16(11-19-14-5-1-2-6-14)13-7-8-15-12(10-13)4-3-9-17-15/h3-4,7-10,14H,1-2,5-6,11H2. The van der Waals surface area contributed by atoms with E-state index < -0.39 is 0 Å². The SMILES string of the molecule is O=C(CSC1CCCC1)c1ccc2ncccc2c1. The number of fused-ring (bicyclic) bond motifs is 1. The molecule has 98 valence electrons. The van der Waals surface area contributed by atoms with E-state index in [1.165, 1.54) is 25.7 Å². The average Bonchev–Trinajstić information content (AvgIpc) is 2.97. The van der Waals surface area contributed by atoms with E-state index in [0.717, 1.165) is 16.5 Å². The number of hydrogen-bond donors (Lipinski definition) is 0. The van der Waals surface area contributed by atoms with Crippen LogP contribution in [0.3, 0.4) is 0 Å². The number of thioether (sulfide) groups is 1. The third-order valence-electron chi connectivity index (χ3n) is 3.68. The molecule has 0 saturated heterocycles. The molecule has 0 radical (unpaired) electrons. The van der Waals surface area contributed by atoms with Crippen LogP contribution in [0.1, 0.15) is 36.0 Å². The minimum absolute atomic E-state index is 0.239. The number of Topliss-reactive ketones (excluding diaryl/α,β-unsaturated/α-hetero) is 1. The van der Waals surface area contributed by atoms with Crippen molar-refractivity contribution in [3.8, 4) is 0 Å². The molecule has 3 heteroatoms. The highest BCUT2D eigenvalue weighted by atomic mass is 32.2. The minimum atomic E-state index is 0.239. The predicted molar refractivity (Wildman–Crippen MR) is 80.8 cm³/mol. The molecule has 1 aliphatic carbocycles. The zero-order valence-corrected chi connectivity index (χ0v) is 11.7. The molecule has 19 heavy (non-hydrogen) atoms. The van der Waals surface area contributed by atoms with E-state index >= 15 is 0 Å². The third-order valence-corrected chi connectivity index (χ3v) is 5.05. The van der Waals surface area contributed by atoms with Gasteiger partial charge >= 0.3 is 0 Å². The zero-order chi connectivity index (χ0) is 13.1. The van der Waals surface area contributed by atoms with Crippen molar-refractivity contribution < 1.29 is 4.79 Å². The summed E-state index contributed by atoms with van der Waals surface area (Å²) in [6, 6.07) is 9.70. The van der Waals surface area contributed by atoms with Gasteiger partial charge in [0.2, 0.25) is 0 Å². The molecule has 2 aromatic rings. The Bertz CT molecular complexity index is 590. The van der Waals surface area contributed by atoms with Crippen molar-refractivity contribution in [2.24, 2.45) is 0 Å². The summed E-state index contributed by atoms with van der Waals surface area (Å²) < 4.78 is 0. The van der Waals surface area contributed by atoms with Crippen LogP contribution >= 0.6 is 11.8 Å². The van der Waals surface area contributed by atoms with E-state index in [9.17, 15) is 4.79 Å². The number of carbonyl (C=O) groups is 1. The van der Waals surface area contributed by atoms with Gasteiger partial charge in [0, 0.05) is 22.4 Å². The van der Waals surface area contributed by atoms with Crippen molar-refractivity contribution in [1.29, 1.82) is 0 Å². The largest absolute Gasteiger partial charge is 0.293 e. The summed E-state index contributed by atoms with van der Waals surface area (Å²) in [5.74, 6) is 0.846. The first kappa shape index (κ1) is 12.7. The van der Waals surface area contributed by atoms with Gasteiger partial charge in [0.1, 0.15) is 0 Å². The average molecular weight is 271 g/mol. The summed E-state index contributed by atoms with van der Waals surface area (Å²) in [5, 5.41) is 1.74. The lowest BCUT2D eigenvalue weighted by Gasteiger charge is -2.08. The summed E-state index contributed by atoms with van der Waals surface area (Å²) in [6.07, 6.45) is 6.99. The molecule has 0 unspecified atom stereocenters. The Morgan fingerprint density at radius 3 is 2.95 bits per heavy atom. The first-order valence-corrected chi connectivity index (χ1v) is 7.87. The van der Waals surface area contributed by atoms with Crippen LogP contribution in [0.4, 0.5) is 0 Å². The first-order chi connectivity index (χ1) is 9.33. The van der Waals surface area contributed by atoms with Gasteiger partial charge < -0.3 is 0 Å². The molecule has 1 heterocycles. The molecule has 1 fully saturated rings. The predicted octanol–water partition coefficient (Wildman–Crippen LogP) is 4.09. The van der Waals surface area contributed by atoms with Gasteiger partial charge in [-0.15, -0.1) is 0 Å². The Morgan fingerprint density at radius 1 is 1.26 bits per heavy atom. The Morgan fingerprint density at radius 2 is 2.11 bits per heavy atom. The van der Waals surface area contributed by atoms with Gasteiger partial charge in [0.25, 0.3) is 0 Å². The fraction of sp³-hybridized carbons (Fsp3) is 0.375. The summed E-state index contributed by atoms with van der Waals surface area (Å²) in [4.78, 5) is 16.5. The van der Waals surface area contributed by atoms with Gasteiger partial charge in [-0.25, -0.2) is 0 Å². The highest BCUT2D eigenvalue weighted by Gasteiger charge is 2.17. The molecule has 2 nitrogen and oxygen atoms in total. The fourth-order valence-electron chi connectivity index (χ4n) is 2.58. The lowest BCUT2D eigenvalue weighted by atomic mass is 10.1. The van der Waals surface area contributed by atoms with E-state index in [-0.39, 0.29) is 5.78 Å². The maximum Gasteiger partial charge on any atom is 0.172 e. The first-order valence-electron chi connectivity index (χ1n) is 6.82. The second kappa shape index (κ2) is 5.74. The molecule has 0 aliphatic heterocycles. The number of carbonyl (C=O) groups excluding carboxylic acids is 1. The number of benzene rings is 1. The number of aromatic nitrogens is 1. The second-order valence-electron chi connectivity index (χ2n) is 5.05. The normalized spacial score (nSPS) is 16.0. The summed E-state index contributed by atoms with van der Waals surface area (Å²) in [6.45, 7) is 0.